The molecule has 0 saturated carbocycles. The summed E-state index contributed by atoms with van der Waals surface area (Å²) in [6, 6.07) is 24.2. The number of anilines is 2. The number of unbranched alkanes of at least 4 members (excludes halogenated alkanes) is 2. The van der Waals surface area contributed by atoms with Crippen molar-refractivity contribution in [2.24, 2.45) is 11.3 Å². The molecule has 5 aliphatic rings. The van der Waals surface area contributed by atoms with Gasteiger partial charge in [-0.25, -0.2) is 18.1 Å². The minimum Gasteiger partial charge on any atom is -0.455 e. The number of ether oxygens (including phenoxy) is 1. The van der Waals surface area contributed by atoms with E-state index < -0.39 is 61.1 Å². The van der Waals surface area contributed by atoms with E-state index >= 15 is 0 Å². The lowest BCUT2D eigenvalue weighted by molar-refractivity contribution is -0.384. The number of pyridine rings is 1. The number of aryl methyl sites for hydroxylation is 1. The van der Waals surface area contributed by atoms with Crippen molar-refractivity contribution < 1.29 is 42.1 Å². The third-order valence-corrected chi connectivity index (χ3v) is 19.6. The van der Waals surface area contributed by atoms with E-state index in [1.807, 2.05) is 35.3 Å². The fraction of sp³-hybridized carbons (Fsp3) is 0.368. The zero-order valence-electron chi connectivity index (χ0n) is 51.2. The molecule has 92 heavy (non-hydrogen) atoms. The first-order chi connectivity index (χ1) is 44.3. The number of nitro benzene ring substituents is 1. The maximum absolute atomic E-state index is 14.2. The van der Waals surface area contributed by atoms with Crippen LogP contribution in [0.1, 0.15) is 126 Å². The molecule has 4 N–H and O–H groups in total. The summed E-state index contributed by atoms with van der Waals surface area (Å²) in [6.07, 6.45) is 14.2. The molecule has 4 aromatic carbocycles. The Labute approximate surface area is 537 Å². The summed E-state index contributed by atoms with van der Waals surface area (Å²) in [5.74, 6) is 3.58. The second kappa shape index (κ2) is 26.9. The average Bonchev–Trinajstić information content (AvgIpc) is 1.62. The van der Waals surface area contributed by atoms with Gasteiger partial charge in [-0.1, -0.05) is 61.1 Å². The van der Waals surface area contributed by atoms with Gasteiger partial charge in [-0.2, -0.15) is 5.10 Å². The Hall–Kier alpha value is -9.21. The number of allylic oxidation sites excluding steroid dienone is 1. The number of fused-ring (bicyclic) bond motifs is 2. The number of imide groups is 2. The standard InChI is InChI=1S/C68H71ClN12O10S/c1-68(2)25-21-49(56(37-68)46-11-13-50(69)14-12-46)43-77-30-32-78(33-31-77)51-15-17-54(60(35-51)91-52-34-48-22-26-70-63(48)72-40-52)64(83)75-92(89,90)53-16-18-57(59(36-53)81(87)88)71-38-44-23-28-76(29-24-44)41-45-39-73-79(42-45)27-6-4-3-5-8-47-9-7-10-55-62(47)67(86)80(66(55)85)58-19-20-61(82)74-65(58)84/h7,9-18,22,26,34-36,39-40,42,44,58,71H,3-4,6,19-21,23-25,27-33,37-38,41,43H2,1-2H3,(H,70,72)(H,75,83)(H,74,82,84). The number of aromatic amines is 1. The molecule has 1 atom stereocenters. The highest BCUT2D eigenvalue weighted by atomic mass is 35.5. The average molecular weight is 1280 g/mol. The molecule has 476 valence electrons. The van der Waals surface area contributed by atoms with E-state index in [0.717, 1.165) is 105 Å². The van der Waals surface area contributed by atoms with E-state index in [2.05, 4.69) is 82.9 Å². The van der Waals surface area contributed by atoms with E-state index in [4.69, 9.17) is 16.3 Å². The lowest BCUT2D eigenvalue weighted by atomic mass is 9.72. The maximum Gasteiger partial charge on any atom is 0.293 e. The molecule has 24 heteroatoms. The Kier molecular flexibility index (Phi) is 18.4. The maximum atomic E-state index is 14.2. The second-order valence-electron chi connectivity index (χ2n) is 25.1. The number of hydrogen-bond acceptors (Lipinski definition) is 16. The number of H-pyrrole nitrogens is 1. The van der Waals surface area contributed by atoms with Gasteiger partial charge in [-0.05, 0) is 148 Å². The molecule has 3 saturated heterocycles. The highest BCUT2D eigenvalue weighted by Crippen LogP contribution is 2.44. The fourth-order valence-corrected chi connectivity index (χ4v) is 14.0. The topological polar surface area (TPSA) is 267 Å². The molecule has 3 aromatic heterocycles. The number of piperazine rings is 1. The van der Waals surface area contributed by atoms with Crippen molar-refractivity contribution >= 4 is 84.8 Å². The zero-order chi connectivity index (χ0) is 64.3. The van der Waals surface area contributed by atoms with E-state index in [1.165, 1.54) is 41.1 Å². The molecule has 22 nitrogen and oxygen atoms in total. The van der Waals surface area contributed by atoms with Crippen LogP contribution < -0.4 is 25.0 Å². The third kappa shape index (κ3) is 14.3. The number of carbonyl (C=O) groups excluding carboxylic acids is 5. The van der Waals surface area contributed by atoms with Crippen molar-refractivity contribution in [2.45, 2.75) is 102 Å². The summed E-state index contributed by atoms with van der Waals surface area (Å²) in [7, 11) is -4.64. The molecule has 7 aromatic rings. The van der Waals surface area contributed by atoms with Crippen LogP contribution in [0, 0.1) is 33.3 Å². The number of benzene rings is 4. The summed E-state index contributed by atoms with van der Waals surface area (Å²) >= 11 is 6.28. The van der Waals surface area contributed by atoms with Crippen LogP contribution in [-0.4, -0.2) is 136 Å². The number of hydrogen-bond donors (Lipinski definition) is 4. The Morgan fingerprint density at radius 2 is 1.67 bits per heavy atom. The van der Waals surface area contributed by atoms with Gasteiger partial charge in [0.25, 0.3) is 33.4 Å². The molecule has 1 aliphatic carbocycles. The van der Waals surface area contributed by atoms with Gasteiger partial charge in [-0.3, -0.25) is 58.8 Å². The molecule has 0 radical (unpaired) electrons. The number of sulfonamides is 1. The van der Waals surface area contributed by atoms with Crippen LogP contribution in [0.5, 0.6) is 11.5 Å². The minimum absolute atomic E-state index is 0.0409. The SMILES string of the molecule is CC1(C)CCC(CN2CCN(c3ccc(C(=O)NS(=O)(=O)c4ccc(NCC5CCN(Cc6cnn(CCCCC#Cc7cccc8c7C(=O)N(C7CCC(=O)NC7=O)C8=O)c6)CC5)c([N+](=O)[O-])c4)c(Oc4cnc5[nH]ccc5c4)c3)CC2)=C(c2ccc(Cl)cc2)C1. The summed E-state index contributed by atoms with van der Waals surface area (Å²) in [5, 5.41) is 24.0. The van der Waals surface area contributed by atoms with Gasteiger partial charge in [0, 0.05) is 117 Å². The lowest BCUT2D eigenvalue weighted by Crippen LogP contribution is -2.54. The van der Waals surface area contributed by atoms with Crippen LogP contribution >= 0.6 is 11.6 Å². The Balaban J connectivity index is 0.622. The Bertz CT molecular complexity index is 4250. The first-order valence-corrected chi connectivity index (χ1v) is 33.0. The zero-order valence-corrected chi connectivity index (χ0v) is 52.8. The number of nitrogens with zero attached hydrogens (tertiary/aromatic N) is 8. The highest BCUT2D eigenvalue weighted by Gasteiger charge is 2.45. The van der Waals surface area contributed by atoms with Crippen molar-refractivity contribution in [3.63, 3.8) is 0 Å². The number of amides is 5. The molecule has 0 bridgehead atoms. The lowest BCUT2D eigenvalue weighted by Gasteiger charge is -2.39. The summed E-state index contributed by atoms with van der Waals surface area (Å²) < 4.78 is 38.5. The smallest absolute Gasteiger partial charge is 0.293 e. The summed E-state index contributed by atoms with van der Waals surface area (Å²) in [4.78, 5) is 91.9. The summed E-state index contributed by atoms with van der Waals surface area (Å²) in [6.45, 7) is 11.9. The second-order valence-corrected chi connectivity index (χ2v) is 27.2. The van der Waals surface area contributed by atoms with Crippen LogP contribution in [0.2, 0.25) is 5.02 Å². The number of halogens is 1. The number of piperidine rings is 2. The van der Waals surface area contributed by atoms with Crippen molar-refractivity contribution in [3.8, 4) is 23.3 Å². The number of carbonyl (C=O) groups is 5. The van der Waals surface area contributed by atoms with Gasteiger partial charge in [0.1, 0.15) is 28.9 Å². The predicted molar refractivity (Wildman–Crippen MR) is 348 cm³/mol. The van der Waals surface area contributed by atoms with E-state index in [0.29, 0.717) is 61.1 Å². The quantitative estimate of drug-likeness (QED) is 0.0182. The van der Waals surface area contributed by atoms with Crippen molar-refractivity contribution in [2.75, 3.05) is 62.6 Å². The van der Waals surface area contributed by atoms with Crippen LogP contribution in [-0.2, 0) is 32.7 Å². The van der Waals surface area contributed by atoms with Crippen molar-refractivity contribution in [1.82, 2.24) is 44.5 Å². The van der Waals surface area contributed by atoms with Crippen LogP contribution in [0.25, 0.3) is 16.6 Å². The molecule has 0 spiro atoms. The van der Waals surface area contributed by atoms with Crippen LogP contribution in [0.15, 0.2) is 126 Å². The largest absolute Gasteiger partial charge is 0.455 e. The van der Waals surface area contributed by atoms with Gasteiger partial charge < -0.3 is 19.9 Å². The highest BCUT2D eigenvalue weighted by molar-refractivity contribution is 7.90. The first kappa shape index (κ1) is 63.0. The van der Waals surface area contributed by atoms with Crippen LogP contribution in [0.3, 0.4) is 0 Å². The molecule has 5 amide bonds. The Morgan fingerprint density at radius 3 is 2.46 bits per heavy atom. The minimum atomic E-state index is -4.64. The van der Waals surface area contributed by atoms with Gasteiger partial charge >= 0.3 is 0 Å². The van der Waals surface area contributed by atoms with Gasteiger partial charge in [0.15, 0.2) is 0 Å². The summed E-state index contributed by atoms with van der Waals surface area (Å²) in [5.41, 5.74) is 7.21. The first-order valence-electron chi connectivity index (χ1n) is 31.2. The van der Waals surface area contributed by atoms with Gasteiger partial charge in [0.05, 0.1) is 38.9 Å². The molecule has 4 aliphatic heterocycles. The van der Waals surface area contributed by atoms with E-state index in [1.54, 1.807) is 42.6 Å². The number of nitrogens with one attached hydrogen (secondary N) is 4. The molecule has 7 heterocycles. The molecule has 12 rings (SSSR count). The van der Waals surface area contributed by atoms with Crippen molar-refractivity contribution in [1.29, 1.82) is 0 Å². The van der Waals surface area contributed by atoms with Gasteiger partial charge in [-0.15, -0.1) is 0 Å². The van der Waals surface area contributed by atoms with Gasteiger partial charge in [0.2, 0.25) is 11.8 Å². The molecular weight excluding hydrogens is 1210 g/mol. The number of likely N-dealkylation sites (tertiary alicyclic amines) is 1. The molecule has 3 fully saturated rings. The Morgan fingerprint density at radius 1 is 0.880 bits per heavy atom. The van der Waals surface area contributed by atoms with Crippen LogP contribution in [0.4, 0.5) is 17.1 Å². The van der Waals surface area contributed by atoms with E-state index in [-0.39, 0.29) is 52.3 Å². The third-order valence-electron chi connectivity index (χ3n) is 18.1. The normalized spacial score (nSPS) is 18.2. The molecular formula is C68H71ClN12O10S. The fourth-order valence-electron chi connectivity index (χ4n) is 12.9. The molecule has 1 unspecified atom stereocenters. The number of aromatic nitrogens is 4. The number of rotatable bonds is 20. The van der Waals surface area contributed by atoms with E-state index in [9.17, 15) is 42.5 Å². The number of nitro groups is 1. The predicted octanol–water partition coefficient (Wildman–Crippen LogP) is 9.97. The van der Waals surface area contributed by atoms with Crippen molar-refractivity contribution in [3.05, 3.63) is 170 Å². The monoisotopic (exact) mass is 1280 g/mol.